The lowest BCUT2D eigenvalue weighted by atomic mass is 10.3. The predicted octanol–water partition coefficient (Wildman–Crippen LogP) is 1.61. The third-order valence-electron chi connectivity index (χ3n) is 1.77. The highest BCUT2D eigenvalue weighted by atomic mass is 35.5. The molecule has 0 saturated heterocycles. The molecule has 1 amide bonds. The predicted molar refractivity (Wildman–Crippen MR) is 65.6 cm³/mol. The van der Waals surface area contributed by atoms with E-state index >= 15 is 0 Å². The van der Waals surface area contributed by atoms with E-state index in [9.17, 15) is 9.59 Å². The van der Waals surface area contributed by atoms with E-state index in [-0.39, 0.29) is 19.0 Å². The van der Waals surface area contributed by atoms with E-state index < -0.39 is 5.97 Å². The lowest BCUT2D eigenvalue weighted by molar-refractivity contribution is -0.135. The highest BCUT2D eigenvalue weighted by Crippen LogP contribution is 2.24. The van der Waals surface area contributed by atoms with Gasteiger partial charge in [0.15, 0.2) is 0 Å². The van der Waals surface area contributed by atoms with Crippen molar-refractivity contribution in [2.75, 3.05) is 18.4 Å². The molecular formula is C10H10Cl2N2O3. The Labute approximate surface area is 108 Å². The second kappa shape index (κ2) is 6.44. The Morgan fingerprint density at radius 3 is 2.47 bits per heavy atom. The molecule has 0 fully saturated rings. The van der Waals surface area contributed by atoms with Crippen LogP contribution in [0.15, 0.2) is 18.2 Å². The van der Waals surface area contributed by atoms with E-state index in [1.54, 1.807) is 12.1 Å². The number of rotatable bonds is 5. The number of carbonyl (C=O) groups is 2. The zero-order valence-corrected chi connectivity index (χ0v) is 10.2. The van der Waals surface area contributed by atoms with Crippen LogP contribution >= 0.6 is 23.2 Å². The van der Waals surface area contributed by atoms with Crippen LogP contribution in [-0.2, 0) is 9.59 Å². The number of hydrogen-bond donors (Lipinski definition) is 3. The molecule has 0 spiro atoms. The Morgan fingerprint density at radius 1 is 1.18 bits per heavy atom. The number of halogens is 2. The number of amides is 1. The molecule has 1 aromatic carbocycles. The van der Waals surface area contributed by atoms with Crippen molar-refractivity contribution in [1.82, 2.24) is 5.32 Å². The van der Waals surface area contributed by atoms with Crippen LogP contribution in [0.3, 0.4) is 0 Å². The Balaban J connectivity index is 2.45. The lowest BCUT2D eigenvalue weighted by Crippen LogP contribution is -2.31. The summed E-state index contributed by atoms with van der Waals surface area (Å²) in [5.74, 6) is -1.38. The first-order chi connectivity index (χ1) is 7.99. The third-order valence-corrected chi connectivity index (χ3v) is 2.50. The van der Waals surface area contributed by atoms with Gasteiger partial charge in [0, 0.05) is 5.69 Å². The molecule has 0 radical (unpaired) electrons. The highest BCUT2D eigenvalue weighted by molar-refractivity contribution is 6.42. The van der Waals surface area contributed by atoms with Crippen LogP contribution in [-0.4, -0.2) is 30.1 Å². The van der Waals surface area contributed by atoms with E-state index in [0.29, 0.717) is 15.7 Å². The van der Waals surface area contributed by atoms with Crippen LogP contribution in [0.25, 0.3) is 0 Å². The number of anilines is 1. The average Bonchev–Trinajstić information content (AvgIpc) is 2.23. The van der Waals surface area contributed by atoms with E-state index in [1.807, 2.05) is 0 Å². The molecule has 0 aliphatic heterocycles. The van der Waals surface area contributed by atoms with Gasteiger partial charge in [-0.2, -0.15) is 0 Å². The smallest absolute Gasteiger partial charge is 0.317 e. The molecule has 0 aromatic heterocycles. The second-order valence-corrected chi connectivity index (χ2v) is 3.99. The Bertz CT molecular complexity index is 438. The first-order valence-electron chi connectivity index (χ1n) is 4.66. The fourth-order valence-corrected chi connectivity index (χ4v) is 1.36. The summed E-state index contributed by atoms with van der Waals surface area (Å²) in [6, 6.07) is 4.67. The Morgan fingerprint density at radius 2 is 1.88 bits per heavy atom. The maximum Gasteiger partial charge on any atom is 0.317 e. The molecule has 0 aliphatic carbocycles. The number of carboxylic acid groups (broad SMARTS) is 1. The summed E-state index contributed by atoms with van der Waals surface area (Å²) in [5, 5.41) is 14.1. The van der Waals surface area contributed by atoms with Gasteiger partial charge in [0.25, 0.3) is 0 Å². The maximum absolute atomic E-state index is 11.3. The normalized spacial score (nSPS) is 10.0. The minimum Gasteiger partial charge on any atom is -0.480 e. The van der Waals surface area contributed by atoms with Gasteiger partial charge >= 0.3 is 5.97 Å². The molecule has 0 heterocycles. The standard InChI is InChI=1S/C10H10Cl2N2O3/c11-7-2-1-6(3-8(7)12)14-9(15)4-13-5-10(16)17/h1-3,13H,4-5H2,(H,14,15)(H,16,17). The van der Waals surface area contributed by atoms with Crippen molar-refractivity contribution in [3.05, 3.63) is 28.2 Å². The number of aliphatic carboxylic acids is 1. The summed E-state index contributed by atoms with van der Waals surface area (Å²) >= 11 is 11.5. The molecule has 0 unspecified atom stereocenters. The van der Waals surface area contributed by atoms with Gasteiger partial charge in [-0.3, -0.25) is 14.9 Å². The first kappa shape index (κ1) is 13.8. The third kappa shape index (κ3) is 5.04. The first-order valence-corrected chi connectivity index (χ1v) is 5.42. The monoisotopic (exact) mass is 276 g/mol. The maximum atomic E-state index is 11.3. The van der Waals surface area contributed by atoms with E-state index in [1.165, 1.54) is 6.07 Å². The number of carbonyl (C=O) groups excluding carboxylic acids is 1. The molecule has 0 bridgehead atoms. The zero-order valence-electron chi connectivity index (χ0n) is 8.67. The van der Waals surface area contributed by atoms with Gasteiger partial charge in [-0.1, -0.05) is 23.2 Å². The van der Waals surface area contributed by atoms with E-state index in [2.05, 4.69) is 10.6 Å². The number of nitrogens with one attached hydrogen (secondary N) is 2. The molecule has 5 nitrogen and oxygen atoms in total. The van der Waals surface area contributed by atoms with Crippen molar-refractivity contribution in [2.24, 2.45) is 0 Å². The molecule has 92 valence electrons. The van der Waals surface area contributed by atoms with Crippen molar-refractivity contribution in [3.63, 3.8) is 0 Å². The van der Waals surface area contributed by atoms with Crippen LogP contribution in [0.1, 0.15) is 0 Å². The van der Waals surface area contributed by atoms with E-state index in [0.717, 1.165) is 0 Å². The molecule has 17 heavy (non-hydrogen) atoms. The van der Waals surface area contributed by atoms with Crippen molar-refractivity contribution >= 4 is 40.8 Å². The van der Waals surface area contributed by atoms with Crippen LogP contribution < -0.4 is 10.6 Å². The average molecular weight is 277 g/mol. The Hall–Kier alpha value is -1.30. The number of hydrogen-bond acceptors (Lipinski definition) is 3. The van der Waals surface area contributed by atoms with Crippen molar-refractivity contribution < 1.29 is 14.7 Å². The summed E-state index contributed by atoms with van der Waals surface area (Å²) in [6.45, 7) is -0.360. The van der Waals surface area contributed by atoms with Crippen LogP contribution in [0.5, 0.6) is 0 Å². The van der Waals surface area contributed by atoms with Gasteiger partial charge in [0.1, 0.15) is 0 Å². The van der Waals surface area contributed by atoms with Crippen molar-refractivity contribution in [2.45, 2.75) is 0 Å². The van der Waals surface area contributed by atoms with Gasteiger partial charge in [0.05, 0.1) is 23.1 Å². The summed E-state index contributed by atoms with van der Waals surface area (Å²) in [4.78, 5) is 21.5. The van der Waals surface area contributed by atoms with Crippen molar-refractivity contribution in [3.8, 4) is 0 Å². The van der Waals surface area contributed by atoms with Gasteiger partial charge in [0.2, 0.25) is 5.91 Å². The minimum absolute atomic E-state index is 0.0907. The molecule has 0 saturated carbocycles. The molecule has 3 N–H and O–H groups in total. The summed E-state index contributed by atoms with van der Waals surface area (Å²) < 4.78 is 0. The topological polar surface area (TPSA) is 78.4 Å². The molecule has 1 rings (SSSR count). The highest BCUT2D eigenvalue weighted by Gasteiger charge is 2.05. The Kier molecular flexibility index (Phi) is 5.21. The number of benzene rings is 1. The fourth-order valence-electron chi connectivity index (χ4n) is 1.06. The molecule has 0 aliphatic rings. The number of carboxylic acids is 1. The summed E-state index contributed by atoms with van der Waals surface area (Å²) in [6.07, 6.45) is 0. The fraction of sp³-hybridized carbons (Fsp3) is 0.200. The molecule has 0 atom stereocenters. The van der Waals surface area contributed by atoms with E-state index in [4.69, 9.17) is 28.3 Å². The SMILES string of the molecule is O=C(O)CNCC(=O)Nc1ccc(Cl)c(Cl)c1. The van der Waals surface area contributed by atoms with Crippen LogP contribution in [0, 0.1) is 0 Å². The largest absolute Gasteiger partial charge is 0.480 e. The zero-order chi connectivity index (χ0) is 12.8. The van der Waals surface area contributed by atoms with Gasteiger partial charge in [-0.15, -0.1) is 0 Å². The lowest BCUT2D eigenvalue weighted by Gasteiger charge is -2.06. The quantitative estimate of drug-likeness (QED) is 0.764. The van der Waals surface area contributed by atoms with Crippen LogP contribution in [0.4, 0.5) is 5.69 Å². The second-order valence-electron chi connectivity index (χ2n) is 3.17. The molecular weight excluding hydrogens is 267 g/mol. The molecule has 7 heteroatoms. The van der Waals surface area contributed by atoms with Gasteiger partial charge in [-0.05, 0) is 18.2 Å². The van der Waals surface area contributed by atoms with Crippen molar-refractivity contribution in [1.29, 1.82) is 0 Å². The summed E-state index contributed by atoms with van der Waals surface area (Å²) in [7, 11) is 0. The molecule has 1 aromatic rings. The van der Waals surface area contributed by atoms with Gasteiger partial charge in [-0.25, -0.2) is 0 Å². The summed E-state index contributed by atoms with van der Waals surface area (Å²) in [5.41, 5.74) is 0.501. The van der Waals surface area contributed by atoms with Crippen LogP contribution in [0.2, 0.25) is 10.0 Å². The minimum atomic E-state index is -1.02. The van der Waals surface area contributed by atoms with Gasteiger partial charge < -0.3 is 10.4 Å².